The van der Waals surface area contributed by atoms with Crippen LogP contribution < -0.4 is 0 Å². The summed E-state index contributed by atoms with van der Waals surface area (Å²) in [6.07, 6.45) is 43.2. The van der Waals surface area contributed by atoms with Crippen LogP contribution >= 0.6 is 7.82 Å². The molecule has 0 heterocycles. The fraction of sp³-hybridized carbons (Fsp3) is 0.674. The molecule has 3 N–H and O–H groups in total. The van der Waals surface area contributed by atoms with Crippen molar-refractivity contribution in [1.82, 2.24) is 0 Å². The van der Waals surface area contributed by atoms with Crippen molar-refractivity contribution in [3.05, 3.63) is 72.9 Å². The van der Waals surface area contributed by atoms with Gasteiger partial charge in [-0.2, -0.15) is 0 Å². The van der Waals surface area contributed by atoms with E-state index in [2.05, 4.69) is 36.6 Å². The van der Waals surface area contributed by atoms with E-state index in [9.17, 15) is 24.2 Å². The third-order valence-corrected chi connectivity index (χ3v) is 9.17. The second kappa shape index (κ2) is 38.7. The number of ether oxygens (including phenoxy) is 2. The summed E-state index contributed by atoms with van der Waals surface area (Å²) in [5, 5.41) is 18.3. The molecule has 0 bridgehead atoms. The number of aliphatic hydroxyl groups excluding tert-OH is 2. The Hall–Kier alpha value is -2.59. The zero-order chi connectivity index (χ0) is 39.8. The van der Waals surface area contributed by atoms with Crippen molar-refractivity contribution >= 4 is 19.8 Å². The first-order valence-electron chi connectivity index (χ1n) is 20.5. The molecule has 0 spiro atoms. The van der Waals surface area contributed by atoms with Crippen LogP contribution in [0.1, 0.15) is 149 Å². The molecule has 0 rings (SSSR count). The summed E-state index contributed by atoms with van der Waals surface area (Å²) in [5.74, 6) is -1.03. The van der Waals surface area contributed by atoms with Crippen LogP contribution in [0.15, 0.2) is 72.9 Å². The lowest BCUT2D eigenvalue weighted by atomic mass is 10.1. The Morgan fingerprint density at radius 1 is 0.574 bits per heavy atom. The van der Waals surface area contributed by atoms with E-state index in [1.165, 1.54) is 57.8 Å². The van der Waals surface area contributed by atoms with Gasteiger partial charge in [0.1, 0.15) is 12.7 Å². The molecule has 10 nitrogen and oxygen atoms in total. The predicted octanol–water partition coefficient (Wildman–Crippen LogP) is 10.5. The molecule has 0 saturated carbocycles. The van der Waals surface area contributed by atoms with Gasteiger partial charge in [0.05, 0.1) is 19.8 Å². The predicted molar refractivity (Wildman–Crippen MR) is 219 cm³/mol. The van der Waals surface area contributed by atoms with Gasteiger partial charge in [0.25, 0.3) is 0 Å². The van der Waals surface area contributed by atoms with Crippen molar-refractivity contribution < 1.29 is 47.8 Å². The third kappa shape index (κ3) is 37.7. The lowest BCUT2D eigenvalue weighted by Crippen LogP contribution is -2.29. The number of allylic oxidation sites excluding steroid dienone is 12. The average molecular weight is 781 g/mol. The van der Waals surface area contributed by atoms with Gasteiger partial charge in [0.2, 0.25) is 0 Å². The highest BCUT2D eigenvalue weighted by atomic mass is 31.2. The highest BCUT2D eigenvalue weighted by molar-refractivity contribution is 7.47. The van der Waals surface area contributed by atoms with Gasteiger partial charge in [0, 0.05) is 12.8 Å². The summed E-state index contributed by atoms with van der Waals surface area (Å²) < 4.78 is 32.5. The minimum atomic E-state index is -4.64. The van der Waals surface area contributed by atoms with Gasteiger partial charge in [-0.15, -0.1) is 0 Å². The maximum atomic E-state index is 12.5. The smallest absolute Gasteiger partial charge is 0.462 e. The van der Waals surface area contributed by atoms with Gasteiger partial charge >= 0.3 is 19.8 Å². The van der Waals surface area contributed by atoms with E-state index in [4.69, 9.17) is 19.1 Å². The van der Waals surface area contributed by atoms with Crippen LogP contribution in [0.4, 0.5) is 0 Å². The summed E-state index contributed by atoms with van der Waals surface area (Å²) in [5.41, 5.74) is 0. The van der Waals surface area contributed by atoms with E-state index in [1.54, 1.807) is 0 Å². The molecule has 310 valence electrons. The maximum absolute atomic E-state index is 12.5. The normalized spacial score (nSPS) is 14.7. The first kappa shape index (κ1) is 51.4. The molecule has 0 aliphatic carbocycles. The molecule has 0 radical (unpaired) electrons. The van der Waals surface area contributed by atoms with Crippen LogP contribution in [0.2, 0.25) is 0 Å². The summed E-state index contributed by atoms with van der Waals surface area (Å²) in [4.78, 5) is 34.9. The number of carbonyl (C=O) groups excluding carboxylic acids is 2. The second-order valence-electron chi connectivity index (χ2n) is 13.4. The molecule has 54 heavy (non-hydrogen) atoms. The zero-order valence-electron chi connectivity index (χ0n) is 33.4. The number of hydrogen-bond donors (Lipinski definition) is 3. The van der Waals surface area contributed by atoms with Crippen LogP contribution in [-0.4, -0.2) is 65.7 Å². The van der Waals surface area contributed by atoms with Gasteiger partial charge in [-0.05, 0) is 51.4 Å². The summed E-state index contributed by atoms with van der Waals surface area (Å²) in [6, 6.07) is 0. The topological polar surface area (TPSA) is 149 Å². The third-order valence-electron chi connectivity index (χ3n) is 8.22. The molecule has 0 aromatic heterocycles. The Bertz CT molecular complexity index is 1130. The van der Waals surface area contributed by atoms with Gasteiger partial charge in [-0.25, -0.2) is 4.57 Å². The lowest BCUT2D eigenvalue weighted by molar-refractivity contribution is -0.161. The molecule has 0 fully saturated rings. The van der Waals surface area contributed by atoms with Crippen molar-refractivity contribution in [2.45, 2.75) is 161 Å². The SMILES string of the molecule is CC/C=C/C=C/C=C/C=C/C=C/CCCC(=O)OC(COC(=O)CCCCCCC/C=C/CCCCCCCCCCC)COP(=O)(O)OC[C@H](O)CO. The van der Waals surface area contributed by atoms with E-state index in [-0.39, 0.29) is 19.4 Å². The van der Waals surface area contributed by atoms with Gasteiger partial charge < -0.3 is 24.6 Å². The number of rotatable bonds is 37. The largest absolute Gasteiger partial charge is 0.472 e. The number of unbranched alkanes of at least 4 members (excludes halogenated alkanes) is 15. The Balaban J connectivity index is 4.41. The van der Waals surface area contributed by atoms with E-state index >= 15 is 0 Å². The minimum absolute atomic E-state index is 0.0829. The number of hydrogen-bond acceptors (Lipinski definition) is 9. The van der Waals surface area contributed by atoms with Crippen LogP contribution in [0, 0.1) is 0 Å². The zero-order valence-corrected chi connectivity index (χ0v) is 34.3. The Kier molecular flexibility index (Phi) is 36.8. The molecular formula is C43H73O10P. The van der Waals surface area contributed by atoms with Gasteiger partial charge in [-0.1, -0.05) is 157 Å². The maximum Gasteiger partial charge on any atom is 0.472 e. The van der Waals surface area contributed by atoms with Crippen LogP contribution in [0.5, 0.6) is 0 Å². The molecule has 0 aliphatic rings. The highest BCUT2D eigenvalue weighted by Crippen LogP contribution is 2.43. The first-order chi connectivity index (χ1) is 26.2. The Morgan fingerprint density at radius 3 is 1.63 bits per heavy atom. The number of phosphoric acid groups is 1. The molecule has 0 saturated heterocycles. The van der Waals surface area contributed by atoms with Crippen molar-refractivity contribution in [2.24, 2.45) is 0 Å². The molecule has 11 heteroatoms. The van der Waals surface area contributed by atoms with E-state index in [0.717, 1.165) is 44.9 Å². The van der Waals surface area contributed by atoms with Crippen molar-refractivity contribution in [2.75, 3.05) is 26.4 Å². The number of phosphoric ester groups is 1. The minimum Gasteiger partial charge on any atom is -0.462 e. The van der Waals surface area contributed by atoms with Gasteiger partial charge in [-0.3, -0.25) is 18.6 Å². The molecular weight excluding hydrogens is 707 g/mol. The number of aliphatic hydroxyl groups is 2. The summed E-state index contributed by atoms with van der Waals surface area (Å²) in [6.45, 7) is 2.12. The summed E-state index contributed by atoms with van der Waals surface area (Å²) >= 11 is 0. The molecule has 3 atom stereocenters. The Labute approximate surface area is 327 Å². The molecule has 2 unspecified atom stereocenters. The molecule has 0 aromatic rings. The average Bonchev–Trinajstić information content (AvgIpc) is 3.16. The van der Waals surface area contributed by atoms with Crippen molar-refractivity contribution in [1.29, 1.82) is 0 Å². The number of carbonyl (C=O) groups is 2. The van der Waals surface area contributed by atoms with Crippen LogP contribution in [-0.2, 0) is 32.7 Å². The van der Waals surface area contributed by atoms with Crippen LogP contribution in [0.25, 0.3) is 0 Å². The highest BCUT2D eigenvalue weighted by Gasteiger charge is 2.27. The molecule has 0 aliphatic heterocycles. The molecule has 0 aromatic carbocycles. The second-order valence-corrected chi connectivity index (χ2v) is 14.9. The standard InChI is InChI=1S/C43H73O10P/c1-3-5-7-9-11-13-15-17-18-19-20-21-23-24-26-28-30-32-34-42(46)50-38-41(39-52-54(48,49)51-37-40(45)36-44)53-43(47)35-33-31-29-27-25-22-16-14-12-10-8-6-4-2/h6,8,10,12,14,16,20-22,25,27,29,40-41,44-45H,3-5,7,9,11,13,15,17-19,23-24,26,28,30-39H2,1-2H3,(H,48,49)/b8-6+,12-10+,16-14+,21-20+,25-22+,29-27+/t40-,41?/m1/s1. The van der Waals surface area contributed by atoms with Gasteiger partial charge in [0.15, 0.2) is 6.10 Å². The van der Waals surface area contributed by atoms with E-state index in [1.807, 2.05) is 54.7 Å². The van der Waals surface area contributed by atoms with E-state index < -0.39 is 51.8 Å². The van der Waals surface area contributed by atoms with Crippen LogP contribution in [0.3, 0.4) is 0 Å². The van der Waals surface area contributed by atoms with Crippen molar-refractivity contribution in [3.8, 4) is 0 Å². The Morgan fingerprint density at radius 2 is 1.06 bits per heavy atom. The fourth-order valence-corrected chi connectivity index (χ4v) is 5.87. The quantitative estimate of drug-likeness (QED) is 0.0183. The molecule has 0 amide bonds. The summed E-state index contributed by atoms with van der Waals surface area (Å²) in [7, 11) is -4.64. The number of esters is 2. The van der Waals surface area contributed by atoms with E-state index in [0.29, 0.717) is 19.3 Å². The first-order valence-corrected chi connectivity index (χ1v) is 22.0. The van der Waals surface area contributed by atoms with Crippen molar-refractivity contribution in [3.63, 3.8) is 0 Å². The lowest BCUT2D eigenvalue weighted by Gasteiger charge is -2.20. The monoisotopic (exact) mass is 780 g/mol. The fourth-order valence-electron chi connectivity index (χ4n) is 5.08.